The van der Waals surface area contributed by atoms with E-state index in [1.165, 1.54) is 0 Å². The van der Waals surface area contributed by atoms with Gasteiger partial charge in [0.15, 0.2) is 5.17 Å². The molecule has 0 fully saturated rings. The fraction of sp³-hybridized carbons (Fsp3) is 0.222. The number of thioether (sulfide) groups is 1. The van der Waals surface area contributed by atoms with Crippen LogP contribution in [0.1, 0.15) is 11.1 Å². The van der Waals surface area contributed by atoms with Gasteiger partial charge in [-0.25, -0.2) is 0 Å². The molecular weight excluding hydrogens is 286 g/mol. The molecule has 14 heavy (non-hydrogen) atoms. The molecular formula is C9H9BrClNOS. The van der Waals surface area contributed by atoms with Gasteiger partial charge in [-0.1, -0.05) is 32.7 Å². The zero-order chi connectivity index (χ0) is 10.7. The maximum absolute atomic E-state index is 8.65. The highest BCUT2D eigenvalue weighted by molar-refractivity contribution is 9.10. The molecule has 0 aliphatic carbocycles. The second kappa shape index (κ2) is 5.05. The third-order valence-corrected chi connectivity index (χ3v) is 3.78. The van der Waals surface area contributed by atoms with Crippen molar-refractivity contribution in [2.24, 2.45) is 5.16 Å². The SMILES string of the molecule is CSc1ccc(Br)c(C)c1C(Cl)=NO. The Morgan fingerprint density at radius 2 is 2.21 bits per heavy atom. The monoisotopic (exact) mass is 293 g/mol. The van der Waals surface area contributed by atoms with Crippen LogP contribution in [-0.4, -0.2) is 16.6 Å². The first-order chi connectivity index (χ1) is 6.61. The highest BCUT2D eigenvalue weighted by Crippen LogP contribution is 2.30. The van der Waals surface area contributed by atoms with E-state index < -0.39 is 0 Å². The number of oxime groups is 1. The molecule has 1 aromatic rings. The average Bonchev–Trinajstić information content (AvgIpc) is 2.20. The Morgan fingerprint density at radius 1 is 1.57 bits per heavy atom. The Labute approximate surface area is 100 Å². The molecule has 0 saturated heterocycles. The van der Waals surface area contributed by atoms with Gasteiger partial charge in [0.1, 0.15) is 0 Å². The van der Waals surface area contributed by atoms with Crippen LogP contribution >= 0.6 is 39.3 Å². The van der Waals surface area contributed by atoms with Crippen molar-refractivity contribution in [3.63, 3.8) is 0 Å². The largest absolute Gasteiger partial charge is 0.410 e. The summed E-state index contributed by atoms with van der Waals surface area (Å²) in [7, 11) is 0. The average molecular weight is 295 g/mol. The standard InChI is InChI=1S/C9H9BrClNOS/c1-5-6(10)3-4-7(14-2)8(5)9(11)12-13/h3-4,13H,1-2H3. The molecule has 0 spiro atoms. The summed E-state index contributed by atoms with van der Waals surface area (Å²) >= 11 is 10.8. The van der Waals surface area contributed by atoms with Crippen molar-refractivity contribution in [1.29, 1.82) is 0 Å². The molecule has 1 rings (SSSR count). The molecule has 0 bridgehead atoms. The van der Waals surface area contributed by atoms with E-state index in [1.807, 2.05) is 25.3 Å². The summed E-state index contributed by atoms with van der Waals surface area (Å²) in [4.78, 5) is 0.994. The van der Waals surface area contributed by atoms with Gasteiger partial charge in [0.2, 0.25) is 0 Å². The molecule has 0 aliphatic rings. The van der Waals surface area contributed by atoms with Crippen LogP contribution in [0.4, 0.5) is 0 Å². The molecule has 1 aromatic carbocycles. The second-order valence-corrected chi connectivity index (χ2v) is 4.70. The van der Waals surface area contributed by atoms with E-state index in [1.54, 1.807) is 11.8 Å². The van der Waals surface area contributed by atoms with Crippen LogP contribution in [0, 0.1) is 6.92 Å². The number of nitrogens with zero attached hydrogens (tertiary/aromatic N) is 1. The number of hydrogen-bond acceptors (Lipinski definition) is 3. The van der Waals surface area contributed by atoms with Gasteiger partial charge in [-0.3, -0.25) is 0 Å². The predicted molar refractivity (Wildman–Crippen MR) is 64.8 cm³/mol. The fourth-order valence-corrected chi connectivity index (χ4v) is 2.43. The second-order valence-electron chi connectivity index (χ2n) is 2.64. The molecule has 2 nitrogen and oxygen atoms in total. The van der Waals surface area contributed by atoms with Crippen molar-refractivity contribution in [1.82, 2.24) is 0 Å². The van der Waals surface area contributed by atoms with Crippen molar-refractivity contribution >= 4 is 44.5 Å². The van der Waals surface area contributed by atoms with Gasteiger partial charge in [-0.2, -0.15) is 0 Å². The van der Waals surface area contributed by atoms with E-state index in [0.29, 0.717) is 0 Å². The lowest BCUT2D eigenvalue weighted by Gasteiger charge is -2.09. The summed E-state index contributed by atoms with van der Waals surface area (Å²) in [6.07, 6.45) is 1.95. The van der Waals surface area contributed by atoms with Gasteiger partial charge in [0, 0.05) is 14.9 Å². The van der Waals surface area contributed by atoms with Crippen LogP contribution in [0.5, 0.6) is 0 Å². The third-order valence-electron chi connectivity index (χ3n) is 1.87. The van der Waals surface area contributed by atoms with E-state index in [0.717, 1.165) is 20.5 Å². The minimum atomic E-state index is 0.119. The van der Waals surface area contributed by atoms with Crippen LogP contribution < -0.4 is 0 Å². The number of hydrogen-bond donors (Lipinski definition) is 1. The van der Waals surface area contributed by atoms with Crippen molar-refractivity contribution in [3.8, 4) is 0 Å². The number of halogens is 2. The van der Waals surface area contributed by atoms with E-state index in [4.69, 9.17) is 16.8 Å². The molecule has 0 aliphatic heterocycles. The Morgan fingerprint density at radius 3 is 2.71 bits per heavy atom. The van der Waals surface area contributed by atoms with E-state index in [2.05, 4.69) is 21.1 Å². The van der Waals surface area contributed by atoms with Crippen LogP contribution in [0.15, 0.2) is 26.7 Å². The van der Waals surface area contributed by atoms with Crippen LogP contribution in [0.2, 0.25) is 0 Å². The highest BCUT2D eigenvalue weighted by Gasteiger charge is 2.12. The maximum Gasteiger partial charge on any atom is 0.176 e. The molecule has 0 atom stereocenters. The fourth-order valence-electron chi connectivity index (χ4n) is 1.14. The van der Waals surface area contributed by atoms with Gasteiger partial charge >= 0.3 is 0 Å². The summed E-state index contributed by atoms with van der Waals surface area (Å²) in [5.41, 5.74) is 1.75. The molecule has 0 amide bonds. The summed E-state index contributed by atoms with van der Waals surface area (Å²) in [6, 6.07) is 3.89. The summed E-state index contributed by atoms with van der Waals surface area (Å²) in [5, 5.41) is 11.8. The zero-order valence-corrected chi connectivity index (χ0v) is 10.9. The van der Waals surface area contributed by atoms with Crippen molar-refractivity contribution in [2.45, 2.75) is 11.8 Å². The lowest BCUT2D eigenvalue weighted by atomic mass is 10.1. The molecule has 0 saturated carbocycles. The smallest absolute Gasteiger partial charge is 0.176 e. The Balaban J connectivity index is 3.43. The third kappa shape index (κ3) is 2.24. The Bertz CT molecular complexity index is 381. The van der Waals surface area contributed by atoms with E-state index >= 15 is 0 Å². The molecule has 0 radical (unpaired) electrons. The Kier molecular flexibility index (Phi) is 4.29. The van der Waals surface area contributed by atoms with Gasteiger partial charge in [-0.15, -0.1) is 11.8 Å². The van der Waals surface area contributed by atoms with Gasteiger partial charge in [0.05, 0.1) is 0 Å². The van der Waals surface area contributed by atoms with Crippen molar-refractivity contribution < 1.29 is 5.21 Å². The summed E-state index contributed by atoms with van der Waals surface area (Å²) < 4.78 is 0.951. The predicted octanol–water partition coefficient (Wildman–Crippen LogP) is 3.85. The number of benzene rings is 1. The van der Waals surface area contributed by atoms with Crippen molar-refractivity contribution in [2.75, 3.05) is 6.26 Å². The first-order valence-corrected chi connectivity index (χ1v) is 6.22. The van der Waals surface area contributed by atoms with Crippen molar-refractivity contribution in [3.05, 3.63) is 27.7 Å². The van der Waals surface area contributed by atoms with Crippen LogP contribution in [0.25, 0.3) is 0 Å². The normalized spacial score (nSPS) is 11.9. The number of rotatable bonds is 2. The molecule has 76 valence electrons. The maximum atomic E-state index is 8.65. The van der Waals surface area contributed by atoms with E-state index in [9.17, 15) is 0 Å². The highest BCUT2D eigenvalue weighted by atomic mass is 79.9. The first-order valence-electron chi connectivity index (χ1n) is 3.82. The summed E-state index contributed by atoms with van der Waals surface area (Å²) in [5.74, 6) is 0. The quantitative estimate of drug-likeness (QED) is 0.389. The van der Waals surface area contributed by atoms with Gasteiger partial charge in [-0.05, 0) is 30.9 Å². The van der Waals surface area contributed by atoms with E-state index in [-0.39, 0.29) is 5.17 Å². The summed E-state index contributed by atoms with van der Waals surface area (Å²) in [6.45, 7) is 1.92. The Hall–Kier alpha value is -0.190. The molecule has 1 N–H and O–H groups in total. The van der Waals surface area contributed by atoms with Gasteiger partial charge < -0.3 is 5.21 Å². The lowest BCUT2D eigenvalue weighted by Crippen LogP contribution is -1.98. The lowest BCUT2D eigenvalue weighted by molar-refractivity contribution is 0.320. The zero-order valence-electron chi connectivity index (χ0n) is 7.71. The van der Waals surface area contributed by atoms with Crippen LogP contribution in [-0.2, 0) is 0 Å². The first kappa shape index (κ1) is 11.9. The topological polar surface area (TPSA) is 32.6 Å². The molecule has 0 heterocycles. The molecule has 5 heteroatoms. The minimum Gasteiger partial charge on any atom is -0.410 e. The van der Waals surface area contributed by atoms with Gasteiger partial charge in [0.25, 0.3) is 0 Å². The van der Waals surface area contributed by atoms with Crippen LogP contribution in [0.3, 0.4) is 0 Å². The molecule has 0 unspecified atom stereocenters. The minimum absolute atomic E-state index is 0.119. The molecule has 0 aromatic heterocycles.